The SMILES string of the molecule is O=C(NCC(O)c1ccsc1)c1ccc([N+](=O)[O-])cc1. The van der Waals surface area contributed by atoms with Gasteiger partial charge in [-0.15, -0.1) is 0 Å². The molecular weight excluding hydrogens is 280 g/mol. The van der Waals surface area contributed by atoms with Crippen molar-refractivity contribution in [3.63, 3.8) is 0 Å². The van der Waals surface area contributed by atoms with Gasteiger partial charge in [0, 0.05) is 24.2 Å². The fourth-order valence-corrected chi connectivity index (χ4v) is 2.32. The number of aliphatic hydroxyl groups is 1. The van der Waals surface area contributed by atoms with Gasteiger partial charge in [0.2, 0.25) is 0 Å². The Hall–Kier alpha value is -2.25. The molecule has 0 saturated heterocycles. The molecule has 6 nitrogen and oxygen atoms in total. The predicted octanol–water partition coefficient (Wildman–Crippen LogP) is 2.12. The van der Waals surface area contributed by atoms with E-state index in [0.29, 0.717) is 5.56 Å². The van der Waals surface area contributed by atoms with Crippen LogP contribution in [0.4, 0.5) is 5.69 Å². The first kappa shape index (κ1) is 14.2. The second kappa shape index (κ2) is 6.27. The summed E-state index contributed by atoms with van der Waals surface area (Å²) in [6.45, 7) is 0.0898. The molecule has 1 atom stereocenters. The zero-order valence-electron chi connectivity index (χ0n) is 10.4. The molecule has 0 fully saturated rings. The van der Waals surface area contributed by atoms with Crippen molar-refractivity contribution in [2.24, 2.45) is 0 Å². The van der Waals surface area contributed by atoms with E-state index < -0.39 is 11.0 Å². The molecule has 2 aromatic rings. The fraction of sp³-hybridized carbons (Fsp3) is 0.154. The molecule has 0 bridgehead atoms. The van der Waals surface area contributed by atoms with E-state index in [1.807, 2.05) is 10.8 Å². The largest absolute Gasteiger partial charge is 0.387 e. The van der Waals surface area contributed by atoms with E-state index in [0.717, 1.165) is 5.56 Å². The summed E-state index contributed by atoms with van der Waals surface area (Å²) in [4.78, 5) is 21.8. The minimum absolute atomic E-state index is 0.0696. The molecule has 1 aromatic heterocycles. The lowest BCUT2D eigenvalue weighted by Gasteiger charge is -2.10. The summed E-state index contributed by atoms with van der Waals surface area (Å²) >= 11 is 1.47. The van der Waals surface area contributed by atoms with Crippen molar-refractivity contribution in [1.29, 1.82) is 0 Å². The summed E-state index contributed by atoms with van der Waals surface area (Å²) in [5.41, 5.74) is 0.993. The molecule has 1 unspecified atom stereocenters. The minimum atomic E-state index is -0.761. The maximum atomic E-state index is 11.8. The molecule has 0 aliphatic rings. The van der Waals surface area contributed by atoms with E-state index in [-0.39, 0.29) is 18.1 Å². The first-order chi connectivity index (χ1) is 9.58. The van der Waals surface area contributed by atoms with Gasteiger partial charge in [0.05, 0.1) is 11.0 Å². The number of amides is 1. The predicted molar refractivity (Wildman–Crippen MR) is 74.7 cm³/mol. The average molecular weight is 292 g/mol. The average Bonchev–Trinajstić information content (AvgIpc) is 2.98. The Bertz CT molecular complexity index is 595. The topological polar surface area (TPSA) is 92.5 Å². The van der Waals surface area contributed by atoms with E-state index in [2.05, 4.69) is 5.32 Å². The third kappa shape index (κ3) is 3.40. The molecule has 1 heterocycles. The van der Waals surface area contributed by atoms with Gasteiger partial charge in [0.15, 0.2) is 0 Å². The molecule has 7 heteroatoms. The van der Waals surface area contributed by atoms with Crippen LogP contribution in [0, 0.1) is 10.1 Å². The van der Waals surface area contributed by atoms with Gasteiger partial charge in [0.1, 0.15) is 0 Å². The Balaban J connectivity index is 1.93. The van der Waals surface area contributed by atoms with Crippen LogP contribution in [0.25, 0.3) is 0 Å². The van der Waals surface area contributed by atoms with E-state index >= 15 is 0 Å². The highest BCUT2D eigenvalue weighted by Gasteiger charge is 2.12. The molecule has 20 heavy (non-hydrogen) atoms. The summed E-state index contributed by atoms with van der Waals surface area (Å²) in [7, 11) is 0. The van der Waals surface area contributed by atoms with Crippen LogP contribution < -0.4 is 5.32 Å². The Morgan fingerprint density at radius 3 is 2.60 bits per heavy atom. The quantitative estimate of drug-likeness (QED) is 0.652. The van der Waals surface area contributed by atoms with Crippen LogP contribution in [-0.2, 0) is 0 Å². The number of thiophene rings is 1. The standard InChI is InChI=1S/C13H12N2O4S/c16-12(10-5-6-20-8-10)7-14-13(17)9-1-3-11(4-2-9)15(18)19/h1-6,8,12,16H,7H2,(H,14,17). The number of aliphatic hydroxyl groups excluding tert-OH is 1. The number of rotatable bonds is 5. The summed E-state index contributed by atoms with van der Waals surface area (Å²) in [6.07, 6.45) is -0.761. The number of nitrogens with one attached hydrogen (secondary N) is 1. The maximum Gasteiger partial charge on any atom is 0.269 e. The number of benzene rings is 1. The van der Waals surface area contributed by atoms with Gasteiger partial charge in [-0.05, 0) is 34.5 Å². The van der Waals surface area contributed by atoms with Gasteiger partial charge < -0.3 is 10.4 Å². The number of nitro benzene ring substituents is 1. The molecular formula is C13H12N2O4S. The normalized spacial score (nSPS) is 11.8. The lowest BCUT2D eigenvalue weighted by Crippen LogP contribution is -2.28. The molecule has 0 aliphatic carbocycles. The van der Waals surface area contributed by atoms with Crippen LogP contribution in [0.3, 0.4) is 0 Å². The van der Waals surface area contributed by atoms with Gasteiger partial charge in [-0.1, -0.05) is 0 Å². The van der Waals surface area contributed by atoms with Crippen LogP contribution >= 0.6 is 11.3 Å². The lowest BCUT2D eigenvalue weighted by molar-refractivity contribution is -0.384. The Labute approximate surface area is 118 Å². The van der Waals surface area contributed by atoms with Crippen molar-refractivity contribution in [3.8, 4) is 0 Å². The molecule has 1 aromatic carbocycles. The Kier molecular flexibility index (Phi) is 4.44. The molecule has 0 saturated carbocycles. The van der Waals surface area contributed by atoms with E-state index in [4.69, 9.17) is 0 Å². The second-order valence-corrected chi connectivity index (χ2v) is 4.87. The van der Waals surface area contributed by atoms with Gasteiger partial charge in [-0.2, -0.15) is 11.3 Å². The summed E-state index contributed by atoms with van der Waals surface area (Å²) in [5.74, 6) is -0.380. The van der Waals surface area contributed by atoms with Crippen LogP contribution in [0.15, 0.2) is 41.1 Å². The van der Waals surface area contributed by atoms with Crippen LogP contribution in [0.2, 0.25) is 0 Å². The van der Waals surface area contributed by atoms with Crippen molar-refractivity contribution >= 4 is 22.9 Å². The van der Waals surface area contributed by atoms with Gasteiger partial charge >= 0.3 is 0 Å². The summed E-state index contributed by atoms with van der Waals surface area (Å²) in [5, 5.41) is 26.6. The highest BCUT2D eigenvalue weighted by molar-refractivity contribution is 7.07. The van der Waals surface area contributed by atoms with Gasteiger partial charge in [-0.25, -0.2) is 0 Å². The number of hydrogen-bond donors (Lipinski definition) is 2. The number of hydrogen-bond acceptors (Lipinski definition) is 5. The molecule has 0 radical (unpaired) electrons. The molecule has 2 N–H and O–H groups in total. The molecule has 2 rings (SSSR count). The first-order valence-electron chi connectivity index (χ1n) is 5.81. The number of non-ortho nitro benzene ring substituents is 1. The van der Waals surface area contributed by atoms with Crippen molar-refractivity contribution in [2.75, 3.05) is 6.54 Å². The lowest BCUT2D eigenvalue weighted by atomic mass is 10.1. The van der Waals surface area contributed by atoms with Gasteiger partial charge in [0.25, 0.3) is 11.6 Å². The molecule has 0 aliphatic heterocycles. The van der Waals surface area contributed by atoms with E-state index in [1.165, 1.54) is 35.6 Å². The van der Waals surface area contributed by atoms with Gasteiger partial charge in [-0.3, -0.25) is 14.9 Å². The third-order valence-electron chi connectivity index (χ3n) is 2.72. The third-order valence-corrected chi connectivity index (χ3v) is 3.43. The monoisotopic (exact) mass is 292 g/mol. The van der Waals surface area contributed by atoms with Crippen molar-refractivity contribution < 1.29 is 14.8 Å². The van der Waals surface area contributed by atoms with Crippen LogP contribution in [0.1, 0.15) is 22.0 Å². The summed E-state index contributed by atoms with van der Waals surface area (Å²) in [6, 6.07) is 7.08. The smallest absolute Gasteiger partial charge is 0.269 e. The van der Waals surface area contributed by atoms with Crippen molar-refractivity contribution in [2.45, 2.75) is 6.10 Å². The Morgan fingerprint density at radius 2 is 2.05 bits per heavy atom. The molecule has 104 valence electrons. The van der Waals surface area contributed by atoms with Crippen molar-refractivity contribution in [1.82, 2.24) is 5.32 Å². The second-order valence-electron chi connectivity index (χ2n) is 4.09. The number of nitro groups is 1. The molecule has 0 spiro atoms. The highest BCUT2D eigenvalue weighted by atomic mass is 32.1. The van der Waals surface area contributed by atoms with Crippen LogP contribution in [0.5, 0.6) is 0 Å². The van der Waals surface area contributed by atoms with Crippen LogP contribution in [-0.4, -0.2) is 22.5 Å². The Morgan fingerprint density at radius 1 is 1.35 bits per heavy atom. The maximum absolute atomic E-state index is 11.8. The fourth-order valence-electron chi connectivity index (χ4n) is 1.61. The number of nitrogens with zero attached hydrogens (tertiary/aromatic N) is 1. The number of carbonyl (C=O) groups is 1. The zero-order chi connectivity index (χ0) is 14.5. The van der Waals surface area contributed by atoms with E-state index in [9.17, 15) is 20.0 Å². The zero-order valence-corrected chi connectivity index (χ0v) is 11.2. The minimum Gasteiger partial charge on any atom is -0.387 e. The number of carbonyl (C=O) groups excluding carboxylic acids is 1. The van der Waals surface area contributed by atoms with Crippen molar-refractivity contribution in [3.05, 3.63) is 62.3 Å². The molecule has 1 amide bonds. The summed E-state index contributed by atoms with van der Waals surface area (Å²) < 4.78 is 0. The first-order valence-corrected chi connectivity index (χ1v) is 6.75. The highest BCUT2D eigenvalue weighted by Crippen LogP contribution is 2.16. The van der Waals surface area contributed by atoms with E-state index in [1.54, 1.807) is 6.07 Å².